The summed E-state index contributed by atoms with van der Waals surface area (Å²) in [7, 11) is 1.54. The average Bonchev–Trinajstić information content (AvgIpc) is 2.15. The van der Waals surface area contributed by atoms with Crippen LogP contribution in [0.4, 0.5) is 0 Å². The van der Waals surface area contributed by atoms with Crippen LogP contribution in [0.15, 0.2) is 0 Å². The molecule has 0 saturated heterocycles. The molecule has 5 heteroatoms. The molecular weight excluding hydrogens is 182 g/mol. The third-order valence-electron chi connectivity index (χ3n) is 1.87. The summed E-state index contributed by atoms with van der Waals surface area (Å²) in [6.45, 7) is 3.54. The minimum atomic E-state index is -0.584. The molecule has 0 aliphatic heterocycles. The Kier molecular flexibility index (Phi) is 5.87. The van der Waals surface area contributed by atoms with Gasteiger partial charge in [0.15, 0.2) is 0 Å². The van der Waals surface area contributed by atoms with Gasteiger partial charge in [0.2, 0.25) is 11.8 Å². The fraction of sp³-hybridized carbons (Fsp3) is 0.778. The first-order valence-electron chi connectivity index (χ1n) is 4.80. The predicted octanol–water partition coefficient (Wildman–Crippen LogP) is -0.635. The molecule has 82 valence electrons. The largest absolute Gasteiger partial charge is 0.357 e. The normalized spacial score (nSPS) is 14.3. The Morgan fingerprint density at radius 1 is 1.36 bits per heavy atom. The monoisotopic (exact) mass is 201 g/mol. The Balaban J connectivity index is 4.22. The van der Waals surface area contributed by atoms with Crippen LogP contribution in [0, 0.1) is 0 Å². The van der Waals surface area contributed by atoms with Crippen molar-refractivity contribution in [1.82, 2.24) is 10.6 Å². The number of rotatable bonds is 5. The van der Waals surface area contributed by atoms with Crippen molar-refractivity contribution in [2.75, 3.05) is 7.05 Å². The zero-order valence-corrected chi connectivity index (χ0v) is 8.96. The highest BCUT2D eigenvalue weighted by atomic mass is 16.2. The lowest BCUT2D eigenvalue weighted by molar-refractivity contribution is -0.129. The van der Waals surface area contributed by atoms with E-state index >= 15 is 0 Å². The third kappa shape index (κ3) is 4.23. The molecule has 0 aromatic rings. The van der Waals surface area contributed by atoms with Crippen LogP contribution in [0.25, 0.3) is 0 Å². The molecule has 2 unspecified atom stereocenters. The molecule has 2 atom stereocenters. The second kappa shape index (κ2) is 6.37. The summed E-state index contributed by atoms with van der Waals surface area (Å²) >= 11 is 0. The molecule has 0 aromatic carbocycles. The highest BCUT2D eigenvalue weighted by Crippen LogP contribution is 1.97. The fourth-order valence-corrected chi connectivity index (χ4v) is 1.03. The molecule has 4 N–H and O–H groups in total. The van der Waals surface area contributed by atoms with Crippen molar-refractivity contribution in [3.63, 3.8) is 0 Å². The molecule has 0 fully saturated rings. The standard InChI is InChI=1S/C9H19N3O2/c1-4-5-7(9(14)11-3)12-8(13)6(2)10/h6-7H,4-5,10H2,1-3H3,(H,11,14)(H,12,13). The summed E-state index contributed by atoms with van der Waals surface area (Å²) in [4.78, 5) is 22.5. The van der Waals surface area contributed by atoms with Crippen molar-refractivity contribution < 1.29 is 9.59 Å². The maximum absolute atomic E-state index is 11.3. The first kappa shape index (κ1) is 12.9. The number of hydrogen-bond acceptors (Lipinski definition) is 3. The van der Waals surface area contributed by atoms with Gasteiger partial charge in [0.05, 0.1) is 6.04 Å². The lowest BCUT2D eigenvalue weighted by Gasteiger charge is -2.17. The van der Waals surface area contributed by atoms with E-state index in [0.29, 0.717) is 6.42 Å². The van der Waals surface area contributed by atoms with Crippen LogP contribution in [-0.2, 0) is 9.59 Å². The maximum atomic E-state index is 11.3. The van der Waals surface area contributed by atoms with E-state index in [1.54, 1.807) is 14.0 Å². The van der Waals surface area contributed by atoms with E-state index in [1.807, 2.05) is 6.92 Å². The molecule has 0 aromatic heterocycles. The van der Waals surface area contributed by atoms with Crippen molar-refractivity contribution in [3.8, 4) is 0 Å². The molecule has 5 nitrogen and oxygen atoms in total. The lowest BCUT2D eigenvalue weighted by Crippen LogP contribution is -2.50. The van der Waals surface area contributed by atoms with Gasteiger partial charge in [-0.25, -0.2) is 0 Å². The van der Waals surface area contributed by atoms with Crippen molar-refractivity contribution in [2.45, 2.75) is 38.8 Å². The Morgan fingerprint density at radius 3 is 2.29 bits per heavy atom. The number of carbonyl (C=O) groups excluding carboxylic acids is 2. The van der Waals surface area contributed by atoms with E-state index < -0.39 is 12.1 Å². The average molecular weight is 201 g/mol. The predicted molar refractivity (Wildman–Crippen MR) is 54.6 cm³/mol. The zero-order chi connectivity index (χ0) is 11.1. The van der Waals surface area contributed by atoms with E-state index in [9.17, 15) is 9.59 Å². The summed E-state index contributed by atoms with van der Waals surface area (Å²) in [6.07, 6.45) is 1.45. The quantitative estimate of drug-likeness (QED) is 0.553. The molecule has 0 rings (SSSR count). The second-order valence-corrected chi connectivity index (χ2v) is 3.25. The van der Waals surface area contributed by atoms with Crippen LogP contribution in [0.2, 0.25) is 0 Å². The van der Waals surface area contributed by atoms with Gasteiger partial charge < -0.3 is 16.4 Å². The Morgan fingerprint density at radius 2 is 1.93 bits per heavy atom. The number of nitrogens with one attached hydrogen (secondary N) is 2. The van der Waals surface area contributed by atoms with Crippen LogP contribution in [0.5, 0.6) is 0 Å². The smallest absolute Gasteiger partial charge is 0.242 e. The number of nitrogens with two attached hydrogens (primary N) is 1. The molecule has 0 spiro atoms. The van der Waals surface area contributed by atoms with Crippen molar-refractivity contribution in [1.29, 1.82) is 0 Å². The highest BCUT2D eigenvalue weighted by molar-refractivity contribution is 5.89. The van der Waals surface area contributed by atoms with Crippen LogP contribution < -0.4 is 16.4 Å². The molecule has 0 radical (unpaired) electrons. The lowest BCUT2D eigenvalue weighted by atomic mass is 10.1. The number of carbonyl (C=O) groups is 2. The second-order valence-electron chi connectivity index (χ2n) is 3.25. The zero-order valence-electron chi connectivity index (χ0n) is 8.96. The summed E-state index contributed by atoms with van der Waals surface area (Å²) in [5, 5.41) is 5.09. The van der Waals surface area contributed by atoms with Crippen LogP contribution >= 0.6 is 0 Å². The number of amides is 2. The van der Waals surface area contributed by atoms with Gasteiger partial charge in [-0.1, -0.05) is 13.3 Å². The molecule has 0 heterocycles. The van der Waals surface area contributed by atoms with Crippen LogP contribution in [0.3, 0.4) is 0 Å². The van der Waals surface area contributed by atoms with Gasteiger partial charge in [0.1, 0.15) is 6.04 Å². The van der Waals surface area contributed by atoms with E-state index in [-0.39, 0.29) is 11.8 Å². The summed E-state index contributed by atoms with van der Waals surface area (Å²) in [5.41, 5.74) is 5.38. The van der Waals surface area contributed by atoms with E-state index in [0.717, 1.165) is 6.42 Å². The first-order chi connectivity index (χ1) is 6.52. The maximum Gasteiger partial charge on any atom is 0.242 e. The molecule has 14 heavy (non-hydrogen) atoms. The van der Waals surface area contributed by atoms with Gasteiger partial charge in [-0.05, 0) is 13.3 Å². The minimum Gasteiger partial charge on any atom is -0.357 e. The topological polar surface area (TPSA) is 84.2 Å². The number of likely N-dealkylation sites (N-methyl/N-ethyl adjacent to an activating group) is 1. The molecule has 0 aliphatic carbocycles. The summed E-state index contributed by atoms with van der Waals surface area (Å²) < 4.78 is 0. The van der Waals surface area contributed by atoms with Crippen molar-refractivity contribution in [2.24, 2.45) is 5.73 Å². The number of hydrogen-bond donors (Lipinski definition) is 3. The summed E-state index contributed by atoms with van der Waals surface area (Å²) in [5.74, 6) is -0.479. The Labute approximate surface area is 84.4 Å². The van der Waals surface area contributed by atoms with E-state index in [1.165, 1.54) is 0 Å². The SMILES string of the molecule is CCCC(NC(=O)C(C)N)C(=O)NC. The molecule has 0 bridgehead atoms. The van der Waals surface area contributed by atoms with Gasteiger partial charge >= 0.3 is 0 Å². The molecule has 0 aliphatic rings. The van der Waals surface area contributed by atoms with Crippen LogP contribution in [-0.4, -0.2) is 30.9 Å². The van der Waals surface area contributed by atoms with E-state index in [2.05, 4.69) is 10.6 Å². The first-order valence-corrected chi connectivity index (χ1v) is 4.80. The van der Waals surface area contributed by atoms with E-state index in [4.69, 9.17) is 5.73 Å². The summed E-state index contributed by atoms with van der Waals surface area (Å²) in [6, 6.07) is -1.05. The van der Waals surface area contributed by atoms with Gasteiger partial charge in [0, 0.05) is 7.05 Å². The third-order valence-corrected chi connectivity index (χ3v) is 1.87. The fourth-order valence-electron chi connectivity index (χ4n) is 1.03. The highest BCUT2D eigenvalue weighted by Gasteiger charge is 2.19. The van der Waals surface area contributed by atoms with Crippen LogP contribution in [0.1, 0.15) is 26.7 Å². The van der Waals surface area contributed by atoms with Crippen molar-refractivity contribution >= 4 is 11.8 Å². The van der Waals surface area contributed by atoms with Gasteiger partial charge in [0.25, 0.3) is 0 Å². The Bertz CT molecular complexity index is 202. The van der Waals surface area contributed by atoms with Gasteiger partial charge in [-0.2, -0.15) is 0 Å². The molecule has 2 amide bonds. The molecular formula is C9H19N3O2. The minimum absolute atomic E-state index is 0.180. The Hall–Kier alpha value is -1.10. The van der Waals surface area contributed by atoms with Crippen molar-refractivity contribution in [3.05, 3.63) is 0 Å². The van der Waals surface area contributed by atoms with Gasteiger partial charge in [-0.15, -0.1) is 0 Å². The van der Waals surface area contributed by atoms with Gasteiger partial charge in [-0.3, -0.25) is 9.59 Å². The molecule has 0 saturated carbocycles.